The van der Waals surface area contributed by atoms with E-state index >= 15 is 0 Å². The second-order valence-corrected chi connectivity index (χ2v) is 7.82. The Morgan fingerprint density at radius 3 is 2.32 bits per heavy atom. The van der Waals surface area contributed by atoms with Gasteiger partial charge >= 0.3 is 6.09 Å². The highest BCUT2D eigenvalue weighted by Gasteiger charge is 2.36. The van der Waals surface area contributed by atoms with Crippen LogP contribution in [0.25, 0.3) is 0 Å². The molecular weight excluding hydrogens is 326 g/mol. The SMILES string of the molecule is Cc1ccc(C(NCC(F)(F)CNC(=O)OC(C)(C)C)C2CC2)cc1. The van der Waals surface area contributed by atoms with Gasteiger partial charge in [0.05, 0.1) is 13.1 Å². The van der Waals surface area contributed by atoms with Gasteiger partial charge in [-0.3, -0.25) is 0 Å². The van der Waals surface area contributed by atoms with Crippen molar-refractivity contribution in [3.63, 3.8) is 0 Å². The molecular formula is C19H28F2N2O2. The third kappa shape index (κ3) is 6.98. The molecule has 25 heavy (non-hydrogen) atoms. The second kappa shape index (κ2) is 7.68. The number of nitrogens with one attached hydrogen (secondary N) is 2. The highest BCUT2D eigenvalue weighted by atomic mass is 19.3. The van der Waals surface area contributed by atoms with Crippen LogP contribution < -0.4 is 10.6 Å². The molecule has 6 heteroatoms. The summed E-state index contributed by atoms with van der Waals surface area (Å²) >= 11 is 0. The van der Waals surface area contributed by atoms with E-state index < -0.39 is 30.7 Å². The molecule has 1 unspecified atom stereocenters. The lowest BCUT2D eigenvalue weighted by atomic mass is 10.0. The number of alkyl carbamates (subject to hydrolysis) is 1. The smallest absolute Gasteiger partial charge is 0.407 e. The molecule has 1 aromatic rings. The van der Waals surface area contributed by atoms with Gasteiger partial charge in [-0.15, -0.1) is 0 Å². The molecule has 1 fully saturated rings. The number of amides is 1. The predicted octanol–water partition coefficient (Wildman–Crippen LogP) is 4.20. The Morgan fingerprint density at radius 2 is 1.80 bits per heavy atom. The number of rotatable bonds is 7. The van der Waals surface area contributed by atoms with Gasteiger partial charge in [0.25, 0.3) is 5.92 Å². The monoisotopic (exact) mass is 354 g/mol. The van der Waals surface area contributed by atoms with Crippen LogP contribution >= 0.6 is 0 Å². The molecule has 4 nitrogen and oxygen atoms in total. The van der Waals surface area contributed by atoms with E-state index in [0.29, 0.717) is 5.92 Å². The minimum absolute atomic E-state index is 0.0759. The van der Waals surface area contributed by atoms with Crippen molar-refractivity contribution < 1.29 is 18.3 Å². The Kier molecular flexibility index (Phi) is 6.03. The summed E-state index contributed by atoms with van der Waals surface area (Å²) in [5.41, 5.74) is 1.47. The van der Waals surface area contributed by atoms with E-state index in [1.54, 1.807) is 20.8 Å². The standard InChI is InChI=1S/C19H28F2N2O2/c1-13-5-7-14(8-6-13)16(15-9-10-15)22-11-19(20,21)12-23-17(24)25-18(2,3)4/h5-8,15-16,22H,9-12H2,1-4H3,(H,23,24). The van der Waals surface area contributed by atoms with Crippen LogP contribution in [0.3, 0.4) is 0 Å². The number of carbonyl (C=O) groups is 1. The van der Waals surface area contributed by atoms with E-state index in [1.807, 2.05) is 31.2 Å². The van der Waals surface area contributed by atoms with Crippen LogP contribution in [0, 0.1) is 12.8 Å². The van der Waals surface area contributed by atoms with Gasteiger partial charge in [0.2, 0.25) is 0 Å². The Labute approximate surface area is 148 Å². The number of hydrogen-bond acceptors (Lipinski definition) is 3. The first-order valence-corrected chi connectivity index (χ1v) is 8.70. The molecule has 0 aromatic heterocycles. The molecule has 1 amide bonds. The topological polar surface area (TPSA) is 50.4 Å². The summed E-state index contributed by atoms with van der Waals surface area (Å²) in [5.74, 6) is -2.65. The average Bonchev–Trinajstić information content (AvgIpc) is 3.30. The van der Waals surface area contributed by atoms with Crippen molar-refractivity contribution >= 4 is 6.09 Å². The highest BCUT2D eigenvalue weighted by molar-refractivity contribution is 5.67. The summed E-state index contributed by atoms with van der Waals surface area (Å²) in [6, 6.07) is 7.89. The van der Waals surface area contributed by atoms with E-state index in [9.17, 15) is 13.6 Å². The average molecular weight is 354 g/mol. The zero-order valence-electron chi connectivity index (χ0n) is 15.4. The largest absolute Gasteiger partial charge is 0.444 e. The molecule has 140 valence electrons. The first-order chi connectivity index (χ1) is 11.6. The van der Waals surface area contributed by atoms with Gasteiger partial charge in [-0.1, -0.05) is 29.8 Å². The van der Waals surface area contributed by atoms with Crippen molar-refractivity contribution in [1.29, 1.82) is 0 Å². The summed E-state index contributed by atoms with van der Waals surface area (Å²) in [7, 11) is 0. The number of ether oxygens (including phenoxy) is 1. The number of halogens is 2. The minimum atomic E-state index is -3.05. The maximum absolute atomic E-state index is 14.1. The molecule has 1 saturated carbocycles. The molecule has 0 bridgehead atoms. The van der Waals surface area contributed by atoms with Gasteiger partial charge in [-0.25, -0.2) is 13.6 Å². The first kappa shape index (κ1) is 19.6. The van der Waals surface area contributed by atoms with Crippen LogP contribution in [-0.2, 0) is 4.74 Å². The zero-order valence-corrected chi connectivity index (χ0v) is 15.4. The van der Waals surface area contributed by atoms with Gasteiger partial charge in [0.1, 0.15) is 5.60 Å². The lowest BCUT2D eigenvalue weighted by molar-refractivity contribution is -0.00614. The van der Waals surface area contributed by atoms with Gasteiger partial charge in [-0.05, 0) is 52.0 Å². The van der Waals surface area contributed by atoms with Gasteiger partial charge in [0, 0.05) is 6.04 Å². The molecule has 1 aliphatic carbocycles. The first-order valence-electron chi connectivity index (χ1n) is 8.70. The summed E-state index contributed by atoms with van der Waals surface area (Å²) in [5, 5.41) is 5.13. The number of benzene rings is 1. The Bertz CT molecular complexity index is 578. The lowest BCUT2D eigenvalue weighted by Gasteiger charge is -2.25. The van der Waals surface area contributed by atoms with Crippen molar-refractivity contribution in [1.82, 2.24) is 10.6 Å². The fraction of sp³-hybridized carbons (Fsp3) is 0.632. The number of alkyl halides is 2. The number of carbonyl (C=O) groups excluding carboxylic acids is 1. The van der Waals surface area contributed by atoms with Crippen LogP contribution in [0.1, 0.15) is 50.8 Å². The summed E-state index contributed by atoms with van der Waals surface area (Å²) in [6.45, 7) is 5.83. The molecule has 1 aromatic carbocycles. The lowest BCUT2D eigenvalue weighted by Crippen LogP contribution is -2.45. The highest BCUT2D eigenvalue weighted by Crippen LogP contribution is 2.41. The maximum Gasteiger partial charge on any atom is 0.407 e. The molecule has 1 atom stereocenters. The zero-order chi connectivity index (χ0) is 18.7. The molecule has 0 radical (unpaired) electrons. The van der Waals surface area contributed by atoms with Crippen molar-refractivity contribution in [2.45, 2.75) is 58.1 Å². The normalized spacial score (nSPS) is 16.4. The molecule has 1 aliphatic rings. The molecule has 0 spiro atoms. The number of aryl methyl sites for hydroxylation is 1. The Balaban J connectivity index is 1.86. The Morgan fingerprint density at radius 1 is 1.20 bits per heavy atom. The fourth-order valence-electron chi connectivity index (χ4n) is 2.60. The summed E-state index contributed by atoms with van der Waals surface area (Å²) in [4.78, 5) is 11.5. The quantitative estimate of drug-likeness (QED) is 0.772. The molecule has 0 saturated heterocycles. The van der Waals surface area contributed by atoms with Crippen LogP contribution in [-0.4, -0.2) is 30.7 Å². The van der Waals surface area contributed by atoms with E-state index in [1.165, 1.54) is 0 Å². The van der Waals surface area contributed by atoms with Crippen LogP contribution in [0.2, 0.25) is 0 Å². The van der Waals surface area contributed by atoms with Crippen molar-refractivity contribution in [3.8, 4) is 0 Å². The predicted molar refractivity (Wildman–Crippen MR) is 93.8 cm³/mol. The molecule has 2 N–H and O–H groups in total. The van der Waals surface area contributed by atoms with Crippen molar-refractivity contribution in [3.05, 3.63) is 35.4 Å². The van der Waals surface area contributed by atoms with E-state index in [4.69, 9.17) is 4.74 Å². The molecule has 0 heterocycles. The maximum atomic E-state index is 14.1. The fourth-order valence-corrected chi connectivity index (χ4v) is 2.60. The Hall–Kier alpha value is -1.69. The van der Waals surface area contributed by atoms with E-state index in [0.717, 1.165) is 24.0 Å². The van der Waals surface area contributed by atoms with Crippen molar-refractivity contribution in [2.24, 2.45) is 5.92 Å². The number of hydrogen-bond donors (Lipinski definition) is 2. The summed E-state index contributed by atoms with van der Waals surface area (Å²) in [6.07, 6.45) is 1.27. The second-order valence-electron chi connectivity index (χ2n) is 7.82. The molecule has 0 aliphatic heterocycles. The van der Waals surface area contributed by atoms with E-state index in [2.05, 4.69) is 10.6 Å². The minimum Gasteiger partial charge on any atom is -0.444 e. The molecule has 2 rings (SSSR count). The van der Waals surface area contributed by atoms with Gasteiger partial charge in [0.15, 0.2) is 0 Å². The third-order valence-corrected chi connectivity index (χ3v) is 4.00. The van der Waals surface area contributed by atoms with Crippen LogP contribution in [0.5, 0.6) is 0 Å². The third-order valence-electron chi connectivity index (χ3n) is 4.00. The van der Waals surface area contributed by atoms with Crippen LogP contribution in [0.4, 0.5) is 13.6 Å². The van der Waals surface area contributed by atoms with E-state index in [-0.39, 0.29) is 6.04 Å². The van der Waals surface area contributed by atoms with Crippen LogP contribution in [0.15, 0.2) is 24.3 Å². The van der Waals surface area contributed by atoms with Gasteiger partial charge < -0.3 is 15.4 Å². The summed E-state index contributed by atoms with van der Waals surface area (Å²) < 4.78 is 33.2. The van der Waals surface area contributed by atoms with Crippen molar-refractivity contribution in [2.75, 3.05) is 13.1 Å². The van der Waals surface area contributed by atoms with Gasteiger partial charge in [-0.2, -0.15) is 0 Å².